The zero-order valence-electron chi connectivity index (χ0n) is 9.58. The van der Waals surface area contributed by atoms with E-state index in [4.69, 9.17) is 5.73 Å². The Balaban J connectivity index is 2.63. The molecular formula is C14H21N. The van der Waals surface area contributed by atoms with Gasteiger partial charge in [0.15, 0.2) is 0 Å². The number of hydrogen-bond acceptors (Lipinski definition) is 1. The molecule has 0 aliphatic carbocycles. The Morgan fingerprint density at radius 2 is 2.13 bits per heavy atom. The largest absolute Gasteiger partial charge is 0.324 e. The first kappa shape index (κ1) is 12.0. The third-order valence-electron chi connectivity index (χ3n) is 2.76. The lowest BCUT2D eigenvalue weighted by molar-refractivity contribution is 0.612. The third kappa shape index (κ3) is 3.52. The quantitative estimate of drug-likeness (QED) is 0.555. The fourth-order valence-electron chi connectivity index (χ4n) is 1.86. The SMILES string of the molecule is C=CCCCC(N)c1ccccc1CC. The summed E-state index contributed by atoms with van der Waals surface area (Å²) >= 11 is 0. The van der Waals surface area contributed by atoms with E-state index in [1.165, 1.54) is 11.1 Å². The van der Waals surface area contributed by atoms with Crippen molar-refractivity contribution in [3.8, 4) is 0 Å². The van der Waals surface area contributed by atoms with Crippen LogP contribution >= 0.6 is 0 Å². The van der Waals surface area contributed by atoms with E-state index in [1.54, 1.807) is 0 Å². The van der Waals surface area contributed by atoms with Gasteiger partial charge < -0.3 is 5.73 Å². The highest BCUT2D eigenvalue weighted by Crippen LogP contribution is 2.21. The summed E-state index contributed by atoms with van der Waals surface area (Å²) in [4.78, 5) is 0. The molecule has 0 saturated heterocycles. The first-order chi connectivity index (χ1) is 7.29. The Bertz CT molecular complexity index is 304. The van der Waals surface area contributed by atoms with Crippen LogP contribution in [0.3, 0.4) is 0 Å². The zero-order valence-corrected chi connectivity index (χ0v) is 9.58. The molecule has 1 rings (SSSR count). The van der Waals surface area contributed by atoms with Gasteiger partial charge in [-0.2, -0.15) is 0 Å². The Labute approximate surface area is 93.0 Å². The van der Waals surface area contributed by atoms with Gasteiger partial charge in [0.2, 0.25) is 0 Å². The number of nitrogens with two attached hydrogens (primary N) is 1. The topological polar surface area (TPSA) is 26.0 Å². The van der Waals surface area contributed by atoms with Crippen molar-refractivity contribution in [2.45, 2.75) is 38.6 Å². The molecule has 82 valence electrons. The van der Waals surface area contributed by atoms with Crippen LogP contribution in [0, 0.1) is 0 Å². The molecule has 1 aromatic carbocycles. The molecule has 0 fully saturated rings. The fraction of sp³-hybridized carbons (Fsp3) is 0.429. The highest BCUT2D eigenvalue weighted by molar-refractivity contribution is 5.29. The fourth-order valence-corrected chi connectivity index (χ4v) is 1.86. The van der Waals surface area contributed by atoms with Crippen LogP contribution in [0.15, 0.2) is 36.9 Å². The van der Waals surface area contributed by atoms with Crippen molar-refractivity contribution >= 4 is 0 Å². The van der Waals surface area contributed by atoms with Crippen molar-refractivity contribution in [3.63, 3.8) is 0 Å². The molecule has 0 aliphatic heterocycles. The Kier molecular flexibility index (Phi) is 5.13. The molecule has 0 aliphatic rings. The molecular weight excluding hydrogens is 182 g/mol. The molecule has 0 heterocycles. The summed E-state index contributed by atoms with van der Waals surface area (Å²) in [6.45, 7) is 5.90. The van der Waals surface area contributed by atoms with Crippen molar-refractivity contribution < 1.29 is 0 Å². The molecule has 2 N–H and O–H groups in total. The first-order valence-electron chi connectivity index (χ1n) is 5.73. The number of allylic oxidation sites excluding steroid dienone is 1. The molecule has 0 bridgehead atoms. The van der Waals surface area contributed by atoms with Gasteiger partial charge in [0.05, 0.1) is 0 Å². The molecule has 0 spiro atoms. The predicted octanol–water partition coefficient (Wildman–Crippen LogP) is 3.61. The maximum Gasteiger partial charge on any atom is 0.0297 e. The van der Waals surface area contributed by atoms with Gasteiger partial charge in [0, 0.05) is 6.04 Å². The highest BCUT2D eigenvalue weighted by atomic mass is 14.6. The Hall–Kier alpha value is -1.08. The summed E-state index contributed by atoms with van der Waals surface area (Å²) in [5.74, 6) is 0. The van der Waals surface area contributed by atoms with Crippen LogP contribution < -0.4 is 5.73 Å². The number of benzene rings is 1. The smallest absolute Gasteiger partial charge is 0.0297 e. The van der Waals surface area contributed by atoms with Crippen molar-refractivity contribution in [1.82, 2.24) is 0 Å². The standard InChI is InChI=1S/C14H21N/c1-3-5-6-11-14(15)13-10-8-7-9-12(13)4-2/h3,7-10,14H,1,4-6,11,15H2,2H3. The molecule has 0 aromatic heterocycles. The van der Waals surface area contributed by atoms with E-state index in [2.05, 4.69) is 37.8 Å². The van der Waals surface area contributed by atoms with Gasteiger partial charge in [-0.3, -0.25) is 0 Å². The monoisotopic (exact) mass is 203 g/mol. The van der Waals surface area contributed by atoms with Crippen LogP contribution in [0.5, 0.6) is 0 Å². The van der Waals surface area contributed by atoms with E-state index in [0.717, 1.165) is 25.7 Å². The van der Waals surface area contributed by atoms with Crippen LogP contribution in [0.2, 0.25) is 0 Å². The van der Waals surface area contributed by atoms with Crippen LogP contribution in [0.4, 0.5) is 0 Å². The number of hydrogen-bond donors (Lipinski definition) is 1. The second kappa shape index (κ2) is 6.41. The molecule has 0 amide bonds. The average molecular weight is 203 g/mol. The Morgan fingerprint density at radius 1 is 1.40 bits per heavy atom. The second-order valence-corrected chi connectivity index (χ2v) is 3.88. The minimum atomic E-state index is 0.182. The molecule has 1 aromatic rings. The highest BCUT2D eigenvalue weighted by Gasteiger charge is 2.08. The minimum absolute atomic E-state index is 0.182. The number of aryl methyl sites for hydroxylation is 1. The minimum Gasteiger partial charge on any atom is -0.324 e. The van der Waals surface area contributed by atoms with Gasteiger partial charge in [0.1, 0.15) is 0 Å². The van der Waals surface area contributed by atoms with E-state index < -0.39 is 0 Å². The van der Waals surface area contributed by atoms with Gasteiger partial charge in [-0.1, -0.05) is 37.3 Å². The van der Waals surface area contributed by atoms with E-state index in [9.17, 15) is 0 Å². The normalized spacial score (nSPS) is 12.4. The van der Waals surface area contributed by atoms with Crippen LogP contribution in [0.25, 0.3) is 0 Å². The Morgan fingerprint density at radius 3 is 2.80 bits per heavy atom. The van der Waals surface area contributed by atoms with Crippen LogP contribution in [-0.2, 0) is 6.42 Å². The van der Waals surface area contributed by atoms with Gasteiger partial charge in [0.25, 0.3) is 0 Å². The molecule has 1 unspecified atom stereocenters. The lowest BCUT2D eigenvalue weighted by Gasteiger charge is -2.15. The van der Waals surface area contributed by atoms with Crippen LogP contribution in [0.1, 0.15) is 43.4 Å². The second-order valence-electron chi connectivity index (χ2n) is 3.88. The van der Waals surface area contributed by atoms with E-state index >= 15 is 0 Å². The maximum absolute atomic E-state index is 6.18. The molecule has 15 heavy (non-hydrogen) atoms. The third-order valence-corrected chi connectivity index (χ3v) is 2.76. The summed E-state index contributed by atoms with van der Waals surface area (Å²) < 4.78 is 0. The lowest BCUT2D eigenvalue weighted by Crippen LogP contribution is -2.12. The molecule has 0 saturated carbocycles. The number of unbranched alkanes of at least 4 members (excludes halogenated alkanes) is 1. The molecule has 1 atom stereocenters. The van der Waals surface area contributed by atoms with E-state index in [-0.39, 0.29) is 6.04 Å². The van der Waals surface area contributed by atoms with Crippen molar-refractivity contribution in [2.75, 3.05) is 0 Å². The lowest BCUT2D eigenvalue weighted by atomic mass is 9.96. The molecule has 0 radical (unpaired) electrons. The summed E-state index contributed by atoms with van der Waals surface area (Å²) in [6.07, 6.45) is 6.25. The van der Waals surface area contributed by atoms with Crippen molar-refractivity contribution in [3.05, 3.63) is 48.0 Å². The first-order valence-corrected chi connectivity index (χ1v) is 5.73. The van der Waals surface area contributed by atoms with Gasteiger partial charge in [-0.05, 0) is 36.8 Å². The maximum atomic E-state index is 6.18. The van der Waals surface area contributed by atoms with Gasteiger partial charge in [-0.25, -0.2) is 0 Å². The van der Waals surface area contributed by atoms with E-state index in [0.29, 0.717) is 0 Å². The van der Waals surface area contributed by atoms with Crippen LogP contribution in [-0.4, -0.2) is 0 Å². The summed E-state index contributed by atoms with van der Waals surface area (Å²) in [5, 5.41) is 0. The summed E-state index contributed by atoms with van der Waals surface area (Å²) in [5.41, 5.74) is 8.87. The van der Waals surface area contributed by atoms with Crippen molar-refractivity contribution in [1.29, 1.82) is 0 Å². The molecule has 1 heteroatoms. The van der Waals surface area contributed by atoms with Crippen molar-refractivity contribution in [2.24, 2.45) is 5.73 Å². The zero-order chi connectivity index (χ0) is 11.1. The predicted molar refractivity (Wildman–Crippen MR) is 66.8 cm³/mol. The summed E-state index contributed by atoms with van der Waals surface area (Å²) in [6, 6.07) is 8.65. The van der Waals surface area contributed by atoms with Gasteiger partial charge >= 0.3 is 0 Å². The average Bonchev–Trinajstić information content (AvgIpc) is 2.29. The molecule has 1 nitrogen and oxygen atoms in total. The van der Waals surface area contributed by atoms with Gasteiger partial charge in [-0.15, -0.1) is 6.58 Å². The number of rotatable bonds is 6. The summed E-state index contributed by atoms with van der Waals surface area (Å²) in [7, 11) is 0. The van der Waals surface area contributed by atoms with E-state index in [1.807, 2.05) is 6.08 Å².